The number of benzene rings is 1. The Morgan fingerprint density at radius 3 is 2.50 bits per heavy atom. The third-order valence-electron chi connectivity index (χ3n) is 2.94. The van der Waals surface area contributed by atoms with Gasteiger partial charge >= 0.3 is 0 Å². The summed E-state index contributed by atoms with van der Waals surface area (Å²) in [4.78, 5) is 6.12. The molecule has 1 aromatic carbocycles. The Bertz CT molecular complexity index is 440. The highest BCUT2D eigenvalue weighted by molar-refractivity contribution is 6.36. The molecule has 0 bridgehead atoms. The molecule has 1 saturated heterocycles. The van der Waals surface area contributed by atoms with Crippen molar-refractivity contribution >= 4 is 29.2 Å². The van der Waals surface area contributed by atoms with Crippen LogP contribution in [0.4, 0.5) is 0 Å². The molecular weight excluding hydrogens is 273 g/mol. The minimum absolute atomic E-state index is 0.159. The number of halogens is 2. The van der Waals surface area contributed by atoms with Crippen molar-refractivity contribution in [1.29, 1.82) is 0 Å². The molecule has 1 fully saturated rings. The van der Waals surface area contributed by atoms with E-state index in [9.17, 15) is 5.11 Å². The van der Waals surface area contributed by atoms with Crippen LogP contribution in [0.2, 0.25) is 10.0 Å². The summed E-state index contributed by atoms with van der Waals surface area (Å²) in [5.74, 6) is 0.462. The predicted molar refractivity (Wildman–Crippen MR) is 74.1 cm³/mol. The van der Waals surface area contributed by atoms with E-state index in [0.29, 0.717) is 21.6 Å². The zero-order chi connectivity index (χ0) is 13.1. The maximum absolute atomic E-state index is 10.1. The molecule has 0 aromatic heterocycles. The van der Waals surface area contributed by atoms with Gasteiger partial charge in [-0.05, 0) is 18.6 Å². The molecule has 3 N–H and O–H groups in total. The average Bonchev–Trinajstić information content (AvgIpc) is 2.23. The SMILES string of the molecule is NC(=NCC(O)c1c(Cl)cccc1Cl)N1CCC1. The van der Waals surface area contributed by atoms with E-state index in [1.165, 1.54) is 0 Å². The summed E-state index contributed by atoms with van der Waals surface area (Å²) in [6, 6.07) is 5.11. The highest BCUT2D eigenvalue weighted by atomic mass is 35.5. The first-order chi connectivity index (χ1) is 8.59. The van der Waals surface area contributed by atoms with Gasteiger partial charge in [0.1, 0.15) is 6.10 Å². The lowest BCUT2D eigenvalue weighted by atomic mass is 10.1. The van der Waals surface area contributed by atoms with Gasteiger partial charge in [0, 0.05) is 28.7 Å². The van der Waals surface area contributed by atoms with Gasteiger partial charge in [-0.1, -0.05) is 29.3 Å². The summed E-state index contributed by atoms with van der Waals surface area (Å²) in [5.41, 5.74) is 6.28. The average molecular weight is 288 g/mol. The number of guanidine groups is 1. The number of rotatable bonds is 3. The van der Waals surface area contributed by atoms with Crippen LogP contribution in [0.15, 0.2) is 23.2 Å². The summed E-state index contributed by atoms with van der Waals surface area (Å²) in [7, 11) is 0. The fourth-order valence-corrected chi connectivity index (χ4v) is 2.39. The molecule has 1 aromatic rings. The van der Waals surface area contributed by atoms with E-state index in [-0.39, 0.29) is 6.54 Å². The molecule has 1 aliphatic rings. The van der Waals surface area contributed by atoms with E-state index in [1.54, 1.807) is 18.2 Å². The first-order valence-electron chi connectivity index (χ1n) is 5.76. The molecule has 2 rings (SSSR count). The van der Waals surface area contributed by atoms with Crippen LogP contribution >= 0.6 is 23.2 Å². The molecule has 1 atom stereocenters. The molecule has 6 heteroatoms. The van der Waals surface area contributed by atoms with Crippen molar-refractivity contribution < 1.29 is 5.11 Å². The first kappa shape index (κ1) is 13.5. The molecule has 1 aliphatic heterocycles. The highest BCUT2D eigenvalue weighted by Gasteiger charge is 2.18. The van der Waals surface area contributed by atoms with Crippen molar-refractivity contribution in [2.75, 3.05) is 19.6 Å². The zero-order valence-electron chi connectivity index (χ0n) is 9.81. The Morgan fingerprint density at radius 1 is 1.39 bits per heavy atom. The summed E-state index contributed by atoms with van der Waals surface area (Å²) >= 11 is 12.0. The predicted octanol–water partition coefficient (Wildman–Crippen LogP) is 2.05. The minimum Gasteiger partial charge on any atom is -0.386 e. The molecule has 0 amide bonds. The van der Waals surface area contributed by atoms with E-state index >= 15 is 0 Å². The number of aliphatic hydroxyl groups is 1. The number of aliphatic hydroxyl groups excluding tert-OH is 1. The fraction of sp³-hybridized carbons (Fsp3) is 0.417. The van der Waals surface area contributed by atoms with Crippen molar-refractivity contribution in [2.45, 2.75) is 12.5 Å². The van der Waals surface area contributed by atoms with Crippen LogP contribution in [0.25, 0.3) is 0 Å². The molecular formula is C12H15Cl2N3O. The fourth-order valence-electron chi connectivity index (χ4n) is 1.75. The van der Waals surface area contributed by atoms with Crippen molar-refractivity contribution in [3.8, 4) is 0 Å². The molecule has 98 valence electrons. The van der Waals surface area contributed by atoms with Gasteiger partial charge in [0.05, 0.1) is 6.54 Å². The maximum Gasteiger partial charge on any atom is 0.191 e. The van der Waals surface area contributed by atoms with E-state index < -0.39 is 6.10 Å². The Labute approximate surface area is 116 Å². The van der Waals surface area contributed by atoms with E-state index in [0.717, 1.165) is 19.5 Å². The van der Waals surface area contributed by atoms with E-state index in [4.69, 9.17) is 28.9 Å². The zero-order valence-corrected chi connectivity index (χ0v) is 11.3. The summed E-state index contributed by atoms with van der Waals surface area (Å²) < 4.78 is 0. The van der Waals surface area contributed by atoms with Gasteiger partial charge in [0.25, 0.3) is 0 Å². The standard InChI is InChI=1S/C12H15Cl2N3O/c13-8-3-1-4-9(14)11(8)10(18)7-16-12(15)17-5-2-6-17/h1,3-4,10,18H,2,5-7H2,(H2,15,16). The van der Waals surface area contributed by atoms with Gasteiger partial charge < -0.3 is 15.7 Å². The number of hydrogen-bond donors (Lipinski definition) is 2. The highest BCUT2D eigenvalue weighted by Crippen LogP contribution is 2.30. The third kappa shape index (κ3) is 2.88. The van der Waals surface area contributed by atoms with E-state index in [1.807, 2.05) is 4.90 Å². The number of nitrogens with zero attached hydrogens (tertiary/aromatic N) is 2. The topological polar surface area (TPSA) is 61.9 Å². The molecule has 1 unspecified atom stereocenters. The molecule has 1 heterocycles. The Hall–Kier alpha value is -0.970. The smallest absolute Gasteiger partial charge is 0.191 e. The molecule has 0 aliphatic carbocycles. The minimum atomic E-state index is -0.842. The largest absolute Gasteiger partial charge is 0.386 e. The Morgan fingerprint density at radius 2 is 2.00 bits per heavy atom. The molecule has 0 saturated carbocycles. The normalized spacial score (nSPS) is 17.5. The second kappa shape index (κ2) is 5.78. The molecule has 18 heavy (non-hydrogen) atoms. The Kier molecular flexibility index (Phi) is 4.32. The van der Waals surface area contributed by atoms with Crippen LogP contribution in [-0.2, 0) is 0 Å². The van der Waals surface area contributed by atoms with Crippen LogP contribution in [0.3, 0.4) is 0 Å². The van der Waals surface area contributed by atoms with Gasteiger partial charge in [-0.2, -0.15) is 0 Å². The number of aliphatic imine (C=N–C) groups is 1. The van der Waals surface area contributed by atoms with Crippen molar-refractivity contribution in [3.63, 3.8) is 0 Å². The van der Waals surface area contributed by atoms with Crippen LogP contribution in [0.1, 0.15) is 18.1 Å². The van der Waals surface area contributed by atoms with E-state index in [2.05, 4.69) is 4.99 Å². The third-order valence-corrected chi connectivity index (χ3v) is 3.60. The van der Waals surface area contributed by atoms with Crippen LogP contribution in [0, 0.1) is 0 Å². The summed E-state index contributed by atoms with van der Waals surface area (Å²) in [6.07, 6.45) is 0.292. The molecule has 0 radical (unpaired) electrons. The monoisotopic (exact) mass is 287 g/mol. The number of nitrogens with two attached hydrogens (primary N) is 1. The lowest BCUT2D eigenvalue weighted by Crippen LogP contribution is -2.46. The van der Waals surface area contributed by atoms with Crippen LogP contribution in [-0.4, -0.2) is 35.6 Å². The summed E-state index contributed by atoms with van der Waals surface area (Å²) in [5, 5.41) is 10.9. The second-order valence-corrected chi connectivity index (χ2v) is 5.01. The van der Waals surface area contributed by atoms with Gasteiger partial charge in [0.15, 0.2) is 5.96 Å². The van der Waals surface area contributed by atoms with Gasteiger partial charge in [-0.3, -0.25) is 4.99 Å². The molecule has 4 nitrogen and oxygen atoms in total. The number of hydrogen-bond acceptors (Lipinski definition) is 2. The number of likely N-dealkylation sites (tertiary alicyclic amines) is 1. The van der Waals surface area contributed by atoms with Gasteiger partial charge in [-0.15, -0.1) is 0 Å². The van der Waals surface area contributed by atoms with Crippen molar-refractivity contribution in [3.05, 3.63) is 33.8 Å². The van der Waals surface area contributed by atoms with Crippen LogP contribution < -0.4 is 5.73 Å². The maximum atomic E-state index is 10.1. The van der Waals surface area contributed by atoms with Crippen molar-refractivity contribution in [1.82, 2.24) is 4.90 Å². The second-order valence-electron chi connectivity index (χ2n) is 4.19. The molecule has 0 spiro atoms. The van der Waals surface area contributed by atoms with Gasteiger partial charge in [0.2, 0.25) is 0 Å². The Balaban J connectivity index is 2.05. The lowest BCUT2D eigenvalue weighted by Gasteiger charge is -2.31. The first-order valence-corrected chi connectivity index (χ1v) is 6.52. The van der Waals surface area contributed by atoms with Crippen molar-refractivity contribution in [2.24, 2.45) is 10.7 Å². The summed E-state index contributed by atoms with van der Waals surface area (Å²) in [6.45, 7) is 2.02. The quantitative estimate of drug-likeness (QED) is 0.661. The lowest BCUT2D eigenvalue weighted by molar-refractivity contribution is 0.186. The van der Waals surface area contributed by atoms with Crippen LogP contribution in [0.5, 0.6) is 0 Å². The van der Waals surface area contributed by atoms with Gasteiger partial charge in [-0.25, -0.2) is 0 Å².